The van der Waals surface area contributed by atoms with Crippen molar-refractivity contribution in [1.29, 1.82) is 0 Å². The minimum absolute atomic E-state index is 0.0696. The minimum atomic E-state index is -0.337. The molecule has 8 nitrogen and oxygen atoms in total. The molecule has 0 saturated heterocycles. The van der Waals surface area contributed by atoms with Crippen molar-refractivity contribution in [3.05, 3.63) is 76.3 Å². The van der Waals surface area contributed by atoms with Crippen molar-refractivity contribution in [2.24, 2.45) is 0 Å². The molecule has 0 fully saturated rings. The second kappa shape index (κ2) is 9.09. The monoisotopic (exact) mass is 419 g/mol. The molecule has 1 N–H and O–H groups in total. The van der Waals surface area contributed by atoms with Gasteiger partial charge in [0.1, 0.15) is 30.6 Å². The summed E-state index contributed by atoms with van der Waals surface area (Å²) < 4.78 is 13.2. The highest BCUT2D eigenvalue weighted by atomic mass is 16.5. The first-order valence-corrected chi connectivity index (χ1v) is 10.3. The summed E-state index contributed by atoms with van der Waals surface area (Å²) in [4.78, 5) is 20.3. The summed E-state index contributed by atoms with van der Waals surface area (Å²) in [5.74, 6) is 1.47. The van der Waals surface area contributed by atoms with E-state index >= 15 is 0 Å². The topological polar surface area (TPSA) is 95.1 Å². The summed E-state index contributed by atoms with van der Waals surface area (Å²) >= 11 is 0. The zero-order chi connectivity index (χ0) is 21.8. The van der Waals surface area contributed by atoms with Crippen LogP contribution in [0.3, 0.4) is 0 Å². The van der Waals surface area contributed by atoms with Crippen LogP contribution >= 0.6 is 0 Å². The van der Waals surface area contributed by atoms with Gasteiger partial charge in [-0.1, -0.05) is 13.0 Å². The largest absolute Gasteiger partial charge is 0.491 e. The average molecular weight is 419 g/mol. The van der Waals surface area contributed by atoms with E-state index in [1.807, 2.05) is 38.1 Å². The molecule has 4 aromatic rings. The Morgan fingerprint density at radius 3 is 2.90 bits per heavy atom. The molecule has 0 radical (unpaired) electrons. The summed E-state index contributed by atoms with van der Waals surface area (Å²) in [5, 5.41) is 8.50. The van der Waals surface area contributed by atoms with Crippen LogP contribution < -0.4 is 15.7 Å². The Hall–Kier alpha value is -3.52. The third-order valence-corrected chi connectivity index (χ3v) is 5.05. The Kier molecular flexibility index (Phi) is 6.08. The molecule has 0 spiro atoms. The molecular weight excluding hydrogens is 394 g/mol. The van der Waals surface area contributed by atoms with E-state index in [2.05, 4.69) is 27.3 Å². The van der Waals surface area contributed by atoms with Gasteiger partial charge in [0.25, 0.3) is 0 Å². The molecule has 8 heteroatoms. The van der Waals surface area contributed by atoms with Gasteiger partial charge in [0, 0.05) is 30.4 Å². The summed E-state index contributed by atoms with van der Waals surface area (Å²) in [6.07, 6.45) is 5.58. The van der Waals surface area contributed by atoms with Gasteiger partial charge in [-0.15, -0.1) is 0 Å². The summed E-state index contributed by atoms with van der Waals surface area (Å²) in [6.45, 7) is 7.10. The van der Waals surface area contributed by atoms with E-state index < -0.39 is 0 Å². The molecule has 0 bridgehead atoms. The number of nitrogens with zero attached hydrogens (tertiary/aromatic N) is 4. The van der Waals surface area contributed by atoms with Crippen LogP contribution in [0.1, 0.15) is 30.5 Å². The highest BCUT2D eigenvalue weighted by molar-refractivity contribution is 5.87. The van der Waals surface area contributed by atoms with Crippen LogP contribution in [0.2, 0.25) is 0 Å². The van der Waals surface area contributed by atoms with E-state index in [0.29, 0.717) is 18.7 Å². The lowest BCUT2D eigenvalue weighted by atomic mass is 10.0. The lowest BCUT2D eigenvalue weighted by Gasteiger charge is -2.18. The number of rotatable bonds is 8. The average Bonchev–Trinajstić information content (AvgIpc) is 3.30. The van der Waals surface area contributed by atoms with Crippen molar-refractivity contribution in [2.75, 3.05) is 6.61 Å². The SMILES string of the molecule is CCc1cc(=O)oc2cc(C)cc(OCC(C)NCc3cccnc3-n3cncn3)c12. The molecule has 0 aliphatic heterocycles. The van der Waals surface area contributed by atoms with Crippen LogP contribution in [0.25, 0.3) is 16.8 Å². The summed E-state index contributed by atoms with van der Waals surface area (Å²) in [5.41, 5.74) is 3.14. The smallest absolute Gasteiger partial charge is 0.336 e. The molecule has 4 rings (SSSR count). The Bertz CT molecular complexity index is 1230. The molecule has 0 amide bonds. The highest BCUT2D eigenvalue weighted by Gasteiger charge is 2.14. The Morgan fingerprint density at radius 1 is 1.26 bits per heavy atom. The van der Waals surface area contributed by atoms with Gasteiger partial charge in [-0.2, -0.15) is 5.10 Å². The van der Waals surface area contributed by atoms with Crippen molar-refractivity contribution in [3.8, 4) is 11.6 Å². The van der Waals surface area contributed by atoms with Gasteiger partial charge in [0.05, 0.1) is 5.39 Å². The fraction of sp³-hybridized carbons (Fsp3) is 0.304. The molecule has 1 aromatic carbocycles. The zero-order valence-electron chi connectivity index (χ0n) is 17.8. The van der Waals surface area contributed by atoms with Gasteiger partial charge in [0.15, 0.2) is 5.82 Å². The van der Waals surface area contributed by atoms with Crippen molar-refractivity contribution >= 4 is 11.0 Å². The first kappa shape index (κ1) is 20.7. The zero-order valence-corrected chi connectivity index (χ0v) is 17.8. The normalized spacial score (nSPS) is 12.2. The molecule has 3 heterocycles. The molecule has 31 heavy (non-hydrogen) atoms. The van der Waals surface area contributed by atoms with Crippen LogP contribution in [-0.2, 0) is 13.0 Å². The molecule has 160 valence electrons. The predicted molar refractivity (Wildman–Crippen MR) is 118 cm³/mol. The second-order valence-electron chi connectivity index (χ2n) is 7.50. The molecule has 1 atom stereocenters. The van der Waals surface area contributed by atoms with Gasteiger partial charge < -0.3 is 14.5 Å². The number of benzene rings is 1. The standard InChI is InChI=1S/C23H25N5O3/c1-4-17-10-21(29)31-20-9-15(2)8-19(22(17)20)30-12-16(3)26-11-18-6-5-7-25-23(18)28-14-24-13-27-28/h5-10,13-14,16,26H,4,11-12H2,1-3H3. The Balaban J connectivity index is 1.47. The van der Waals surface area contributed by atoms with E-state index in [1.54, 1.807) is 23.3 Å². The van der Waals surface area contributed by atoms with E-state index in [9.17, 15) is 4.79 Å². The maximum absolute atomic E-state index is 11.9. The third-order valence-electron chi connectivity index (χ3n) is 5.05. The molecule has 0 aliphatic carbocycles. The van der Waals surface area contributed by atoms with Gasteiger partial charge in [-0.3, -0.25) is 0 Å². The number of hydrogen-bond donors (Lipinski definition) is 1. The number of aryl methyl sites for hydroxylation is 2. The Labute approximate surface area is 179 Å². The first-order valence-electron chi connectivity index (χ1n) is 10.3. The van der Waals surface area contributed by atoms with Gasteiger partial charge >= 0.3 is 5.63 Å². The van der Waals surface area contributed by atoms with Crippen molar-refractivity contribution in [1.82, 2.24) is 25.1 Å². The summed E-state index contributed by atoms with van der Waals surface area (Å²) in [7, 11) is 0. The van der Waals surface area contributed by atoms with Crippen LogP contribution in [0.15, 0.2) is 58.4 Å². The fourth-order valence-corrected chi connectivity index (χ4v) is 3.51. The molecule has 3 aromatic heterocycles. The van der Waals surface area contributed by atoms with Gasteiger partial charge in [0.2, 0.25) is 0 Å². The van der Waals surface area contributed by atoms with Crippen LogP contribution in [0, 0.1) is 6.92 Å². The fourth-order valence-electron chi connectivity index (χ4n) is 3.51. The number of fused-ring (bicyclic) bond motifs is 1. The molecule has 1 unspecified atom stereocenters. The van der Waals surface area contributed by atoms with Gasteiger partial charge in [-0.25, -0.2) is 19.4 Å². The first-order chi connectivity index (χ1) is 15.0. The Morgan fingerprint density at radius 2 is 2.13 bits per heavy atom. The van der Waals surface area contributed by atoms with E-state index in [1.165, 1.54) is 6.33 Å². The molecular formula is C23H25N5O3. The van der Waals surface area contributed by atoms with Crippen LogP contribution in [0.4, 0.5) is 0 Å². The number of nitrogens with one attached hydrogen (secondary N) is 1. The van der Waals surface area contributed by atoms with Crippen LogP contribution in [-0.4, -0.2) is 32.4 Å². The van der Waals surface area contributed by atoms with Crippen molar-refractivity contribution in [3.63, 3.8) is 0 Å². The maximum Gasteiger partial charge on any atom is 0.336 e. The lowest BCUT2D eigenvalue weighted by molar-refractivity contribution is 0.275. The minimum Gasteiger partial charge on any atom is -0.491 e. The highest BCUT2D eigenvalue weighted by Crippen LogP contribution is 2.30. The van der Waals surface area contributed by atoms with E-state index in [0.717, 1.165) is 40.1 Å². The third kappa shape index (κ3) is 4.64. The predicted octanol–water partition coefficient (Wildman–Crippen LogP) is 3.20. The number of pyridine rings is 1. The van der Waals surface area contributed by atoms with Crippen LogP contribution in [0.5, 0.6) is 5.75 Å². The van der Waals surface area contributed by atoms with Crippen molar-refractivity contribution < 1.29 is 9.15 Å². The number of hydrogen-bond acceptors (Lipinski definition) is 7. The number of aromatic nitrogens is 4. The lowest BCUT2D eigenvalue weighted by Crippen LogP contribution is -2.31. The molecule has 0 aliphatic rings. The quantitative estimate of drug-likeness (QED) is 0.438. The summed E-state index contributed by atoms with van der Waals surface area (Å²) in [6, 6.07) is 9.38. The van der Waals surface area contributed by atoms with E-state index in [-0.39, 0.29) is 11.7 Å². The van der Waals surface area contributed by atoms with Gasteiger partial charge in [-0.05, 0) is 49.6 Å². The molecule has 0 saturated carbocycles. The second-order valence-corrected chi connectivity index (χ2v) is 7.50. The van der Waals surface area contributed by atoms with E-state index in [4.69, 9.17) is 9.15 Å². The maximum atomic E-state index is 11.9. The van der Waals surface area contributed by atoms with Crippen molar-refractivity contribution in [2.45, 2.75) is 39.8 Å². The number of ether oxygens (including phenoxy) is 1.